The van der Waals surface area contributed by atoms with Crippen molar-refractivity contribution < 1.29 is 4.52 Å². The second-order valence-electron chi connectivity index (χ2n) is 3.85. The molecule has 0 atom stereocenters. The molecule has 0 aliphatic carbocycles. The van der Waals surface area contributed by atoms with Crippen LogP contribution in [0, 0.1) is 0 Å². The molecule has 3 rings (SSSR count). The van der Waals surface area contributed by atoms with Gasteiger partial charge in [-0.1, -0.05) is 16.8 Å². The van der Waals surface area contributed by atoms with Crippen molar-refractivity contribution in [3.63, 3.8) is 0 Å². The number of rotatable bonds is 3. The summed E-state index contributed by atoms with van der Waals surface area (Å²) in [5.41, 5.74) is 7.04. The number of nitrogens with zero attached hydrogens (tertiary/aromatic N) is 4. The maximum absolute atomic E-state index is 6.25. The lowest BCUT2D eigenvalue weighted by molar-refractivity contribution is 0.380. The van der Waals surface area contributed by atoms with Crippen LogP contribution < -0.4 is 5.73 Å². The predicted molar refractivity (Wildman–Crippen MR) is 69.8 cm³/mol. The number of nitrogens with two attached hydrogens (primary N) is 1. The summed E-state index contributed by atoms with van der Waals surface area (Å²) < 4.78 is 6.79. The molecule has 0 amide bonds. The van der Waals surface area contributed by atoms with E-state index in [0.717, 1.165) is 11.3 Å². The number of hydrogen-bond donors (Lipinski definition) is 1. The summed E-state index contributed by atoms with van der Waals surface area (Å²) in [6.07, 6.45) is 5.19. The molecule has 19 heavy (non-hydrogen) atoms. The van der Waals surface area contributed by atoms with Crippen LogP contribution >= 0.6 is 11.6 Å². The second-order valence-corrected chi connectivity index (χ2v) is 4.26. The van der Waals surface area contributed by atoms with Gasteiger partial charge in [-0.15, -0.1) is 0 Å². The monoisotopic (exact) mass is 275 g/mol. The Labute approximate surface area is 113 Å². The van der Waals surface area contributed by atoms with Crippen molar-refractivity contribution >= 4 is 11.6 Å². The summed E-state index contributed by atoms with van der Waals surface area (Å²) in [4.78, 5) is 8.14. The SMILES string of the molecule is NCc1nc(-c2ccc(-n3ccnc3)c(Cl)c2)no1. The van der Waals surface area contributed by atoms with Gasteiger partial charge >= 0.3 is 0 Å². The van der Waals surface area contributed by atoms with Crippen LogP contribution in [-0.2, 0) is 6.54 Å². The zero-order valence-corrected chi connectivity index (χ0v) is 10.6. The summed E-state index contributed by atoms with van der Waals surface area (Å²) >= 11 is 6.25. The van der Waals surface area contributed by atoms with Crippen LogP contribution in [0.15, 0.2) is 41.4 Å². The summed E-state index contributed by atoms with van der Waals surface area (Å²) in [5.74, 6) is 0.865. The molecule has 2 N–H and O–H groups in total. The number of benzene rings is 1. The Balaban J connectivity index is 1.99. The maximum Gasteiger partial charge on any atom is 0.240 e. The lowest BCUT2D eigenvalue weighted by Gasteiger charge is -2.05. The van der Waals surface area contributed by atoms with Gasteiger partial charge in [0.25, 0.3) is 0 Å². The molecule has 7 heteroatoms. The van der Waals surface area contributed by atoms with Crippen LogP contribution in [0.2, 0.25) is 5.02 Å². The number of hydrogen-bond acceptors (Lipinski definition) is 5. The van der Waals surface area contributed by atoms with Gasteiger partial charge in [-0.3, -0.25) is 0 Å². The number of aromatic nitrogens is 4. The normalized spacial score (nSPS) is 10.8. The first kappa shape index (κ1) is 11.9. The summed E-state index contributed by atoms with van der Waals surface area (Å²) in [7, 11) is 0. The van der Waals surface area contributed by atoms with E-state index in [9.17, 15) is 0 Å². The molecular formula is C12H10ClN5O. The molecule has 1 aromatic carbocycles. The molecule has 6 nitrogen and oxygen atoms in total. The minimum atomic E-state index is 0.216. The predicted octanol–water partition coefficient (Wildman–Crippen LogP) is 2.03. The van der Waals surface area contributed by atoms with Gasteiger partial charge in [0.05, 0.1) is 23.6 Å². The smallest absolute Gasteiger partial charge is 0.240 e. The minimum absolute atomic E-state index is 0.216. The van der Waals surface area contributed by atoms with Crippen LogP contribution in [0.1, 0.15) is 5.89 Å². The zero-order valence-electron chi connectivity index (χ0n) is 9.82. The standard InChI is InChI=1S/C12H10ClN5O/c13-9-5-8(12-16-11(6-14)19-17-12)1-2-10(9)18-4-3-15-7-18/h1-5,7H,6,14H2. The van der Waals surface area contributed by atoms with Gasteiger partial charge in [0, 0.05) is 18.0 Å². The van der Waals surface area contributed by atoms with Gasteiger partial charge in [0.1, 0.15) is 0 Å². The van der Waals surface area contributed by atoms with Crippen LogP contribution in [0.3, 0.4) is 0 Å². The molecule has 0 radical (unpaired) electrons. The topological polar surface area (TPSA) is 82.8 Å². The average molecular weight is 276 g/mol. The van der Waals surface area contributed by atoms with Crippen LogP contribution in [0.25, 0.3) is 17.1 Å². The fourth-order valence-corrected chi connectivity index (χ4v) is 1.99. The minimum Gasteiger partial charge on any atom is -0.338 e. The van der Waals surface area contributed by atoms with Crippen molar-refractivity contribution in [3.8, 4) is 17.1 Å². The van der Waals surface area contributed by atoms with E-state index in [1.807, 2.05) is 22.9 Å². The van der Waals surface area contributed by atoms with E-state index >= 15 is 0 Å². The Morgan fingerprint density at radius 1 is 1.37 bits per heavy atom. The van der Waals surface area contributed by atoms with E-state index in [1.54, 1.807) is 18.6 Å². The quantitative estimate of drug-likeness (QED) is 0.791. The van der Waals surface area contributed by atoms with E-state index in [0.29, 0.717) is 16.7 Å². The summed E-state index contributed by atoms with van der Waals surface area (Å²) in [5, 5.41) is 4.43. The molecule has 0 saturated carbocycles. The van der Waals surface area contributed by atoms with Gasteiger partial charge in [0.15, 0.2) is 0 Å². The fourth-order valence-electron chi connectivity index (χ4n) is 1.71. The molecule has 0 spiro atoms. The molecule has 2 heterocycles. The molecule has 0 aliphatic heterocycles. The van der Waals surface area contributed by atoms with Gasteiger partial charge in [0.2, 0.25) is 11.7 Å². The first-order valence-corrected chi connectivity index (χ1v) is 5.96. The summed E-state index contributed by atoms with van der Waals surface area (Å²) in [6, 6.07) is 5.52. The molecular weight excluding hydrogens is 266 g/mol. The van der Waals surface area contributed by atoms with E-state index in [2.05, 4.69) is 15.1 Å². The molecule has 96 valence electrons. The molecule has 0 saturated heterocycles. The zero-order chi connectivity index (χ0) is 13.2. The average Bonchev–Trinajstić information content (AvgIpc) is 3.10. The molecule has 0 unspecified atom stereocenters. The Kier molecular flexibility index (Phi) is 3.02. The number of halogens is 1. The molecule has 0 bridgehead atoms. The third kappa shape index (κ3) is 2.23. The van der Waals surface area contributed by atoms with E-state index in [-0.39, 0.29) is 6.54 Å². The Morgan fingerprint density at radius 3 is 2.89 bits per heavy atom. The largest absolute Gasteiger partial charge is 0.338 e. The highest BCUT2D eigenvalue weighted by Crippen LogP contribution is 2.26. The van der Waals surface area contributed by atoms with Gasteiger partial charge in [-0.25, -0.2) is 4.98 Å². The first-order chi connectivity index (χ1) is 9.28. The highest BCUT2D eigenvalue weighted by Gasteiger charge is 2.10. The van der Waals surface area contributed by atoms with Crippen molar-refractivity contribution in [2.75, 3.05) is 0 Å². The highest BCUT2D eigenvalue weighted by atomic mass is 35.5. The van der Waals surface area contributed by atoms with E-state index in [1.165, 1.54) is 0 Å². The van der Waals surface area contributed by atoms with Crippen LogP contribution in [0.5, 0.6) is 0 Å². The van der Waals surface area contributed by atoms with Crippen molar-refractivity contribution in [1.82, 2.24) is 19.7 Å². The highest BCUT2D eigenvalue weighted by molar-refractivity contribution is 6.32. The second kappa shape index (κ2) is 4.83. The Hall–Kier alpha value is -2.18. The Bertz CT molecular complexity index is 692. The first-order valence-electron chi connectivity index (χ1n) is 5.59. The van der Waals surface area contributed by atoms with Crippen molar-refractivity contribution in [1.29, 1.82) is 0 Å². The van der Waals surface area contributed by atoms with Crippen molar-refractivity contribution in [3.05, 3.63) is 47.8 Å². The van der Waals surface area contributed by atoms with Crippen LogP contribution in [0.4, 0.5) is 0 Å². The molecule has 0 aliphatic rings. The molecule has 0 fully saturated rings. The van der Waals surface area contributed by atoms with Crippen molar-refractivity contribution in [2.24, 2.45) is 5.73 Å². The molecule has 2 aromatic heterocycles. The van der Waals surface area contributed by atoms with Crippen LogP contribution in [-0.4, -0.2) is 19.7 Å². The fraction of sp³-hybridized carbons (Fsp3) is 0.0833. The number of imidazole rings is 1. The lowest BCUT2D eigenvalue weighted by atomic mass is 10.2. The summed E-state index contributed by atoms with van der Waals surface area (Å²) in [6.45, 7) is 0.216. The lowest BCUT2D eigenvalue weighted by Crippen LogP contribution is -1.96. The van der Waals surface area contributed by atoms with Gasteiger partial charge in [-0.2, -0.15) is 4.98 Å². The van der Waals surface area contributed by atoms with Gasteiger partial charge in [-0.05, 0) is 18.2 Å². The maximum atomic E-state index is 6.25. The Morgan fingerprint density at radius 2 is 2.26 bits per heavy atom. The molecule has 3 aromatic rings. The van der Waals surface area contributed by atoms with E-state index in [4.69, 9.17) is 21.9 Å². The van der Waals surface area contributed by atoms with Gasteiger partial charge < -0.3 is 14.8 Å². The third-order valence-electron chi connectivity index (χ3n) is 2.63. The van der Waals surface area contributed by atoms with E-state index < -0.39 is 0 Å². The van der Waals surface area contributed by atoms with Crippen molar-refractivity contribution in [2.45, 2.75) is 6.54 Å². The third-order valence-corrected chi connectivity index (χ3v) is 2.93.